The van der Waals surface area contributed by atoms with Crippen molar-refractivity contribution in [2.45, 2.75) is 39.2 Å². The molecule has 2 N–H and O–H groups in total. The van der Waals surface area contributed by atoms with Crippen molar-refractivity contribution in [1.29, 1.82) is 0 Å². The summed E-state index contributed by atoms with van der Waals surface area (Å²) in [5.74, 6) is 2.86. The third-order valence-corrected chi connectivity index (χ3v) is 3.42. The minimum atomic E-state index is 0.828. The molecule has 1 saturated carbocycles. The zero-order valence-corrected chi connectivity index (χ0v) is 11.9. The molecule has 6 heteroatoms. The molecule has 0 saturated heterocycles. The fourth-order valence-electron chi connectivity index (χ4n) is 2.06. The fourth-order valence-corrected chi connectivity index (χ4v) is 2.06. The van der Waals surface area contributed by atoms with Gasteiger partial charge in [-0.25, -0.2) is 0 Å². The standard InChI is InChI=1S/C13H24N6/c1-3-12-18-17-10-19(12)9-8-16-13(14-2)15-7-6-11-4-5-11/h10-11H,3-9H2,1-2H3,(H2,14,15,16). The first-order valence-electron chi connectivity index (χ1n) is 7.14. The van der Waals surface area contributed by atoms with Crippen LogP contribution in [0.25, 0.3) is 0 Å². The molecule has 6 nitrogen and oxygen atoms in total. The Bertz CT molecular complexity index is 407. The lowest BCUT2D eigenvalue weighted by Crippen LogP contribution is -2.39. The Hall–Kier alpha value is -1.59. The summed E-state index contributed by atoms with van der Waals surface area (Å²) in [5, 5.41) is 14.7. The van der Waals surface area contributed by atoms with Crippen molar-refractivity contribution in [3.63, 3.8) is 0 Å². The van der Waals surface area contributed by atoms with Gasteiger partial charge in [0.05, 0.1) is 0 Å². The number of hydrogen-bond donors (Lipinski definition) is 2. The highest BCUT2D eigenvalue weighted by Gasteiger charge is 2.20. The van der Waals surface area contributed by atoms with Crippen LogP contribution in [0.2, 0.25) is 0 Å². The van der Waals surface area contributed by atoms with Crippen LogP contribution in [0, 0.1) is 5.92 Å². The van der Waals surface area contributed by atoms with Gasteiger partial charge in [-0.3, -0.25) is 4.99 Å². The number of aromatic nitrogens is 3. The van der Waals surface area contributed by atoms with E-state index in [4.69, 9.17) is 0 Å². The van der Waals surface area contributed by atoms with E-state index in [1.165, 1.54) is 19.3 Å². The second kappa shape index (κ2) is 7.11. The summed E-state index contributed by atoms with van der Waals surface area (Å²) in [6, 6.07) is 0. The average Bonchev–Trinajstić information content (AvgIpc) is 3.14. The van der Waals surface area contributed by atoms with Gasteiger partial charge in [-0.05, 0) is 12.3 Å². The summed E-state index contributed by atoms with van der Waals surface area (Å²) in [5.41, 5.74) is 0. The average molecular weight is 264 g/mol. The second-order valence-corrected chi connectivity index (χ2v) is 4.95. The van der Waals surface area contributed by atoms with Crippen molar-refractivity contribution < 1.29 is 0 Å². The molecule has 0 spiro atoms. The molecule has 0 aliphatic heterocycles. The van der Waals surface area contributed by atoms with E-state index in [9.17, 15) is 0 Å². The van der Waals surface area contributed by atoms with Crippen molar-refractivity contribution in [1.82, 2.24) is 25.4 Å². The van der Waals surface area contributed by atoms with Crippen LogP contribution in [0.1, 0.15) is 32.0 Å². The Kier molecular flexibility index (Phi) is 5.18. The maximum absolute atomic E-state index is 4.22. The van der Waals surface area contributed by atoms with Gasteiger partial charge in [0.25, 0.3) is 0 Å². The summed E-state index contributed by atoms with van der Waals surface area (Å²) in [6.45, 7) is 4.79. The molecule has 2 rings (SSSR count). The summed E-state index contributed by atoms with van der Waals surface area (Å²) < 4.78 is 2.07. The first-order valence-corrected chi connectivity index (χ1v) is 7.14. The summed E-state index contributed by atoms with van der Waals surface area (Å²) >= 11 is 0. The molecule has 0 radical (unpaired) electrons. The second-order valence-electron chi connectivity index (χ2n) is 4.95. The molecule has 106 valence electrons. The monoisotopic (exact) mass is 264 g/mol. The molecule has 1 aromatic heterocycles. The minimum Gasteiger partial charge on any atom is -0.356 e. The predicted molar refractivity (Wildman–Crippen MR) is 76.1 cm³/mol. The Labute approximate surface area is 114 Å². The van der Waals surface area contributed by atoms with Crippen LogP contribution in [0.15, 0.2) is 11.3 Å². The number of rotatable bonds is 7. The molecular formula is C13H24N6. The Morgan fingerprint density at radius 3 is 2.89 bits per heavy atom. The van der Waals surface area contributed by atoms with Gasteiger partial charge in [0.15, 0.2) is 5.96 Å². The number of hydrogen-bond acceptors (Lipinski definition) is 3. The minimum absolute atomic E-state index is 0.828. The Balaban J connectivity index is 1.64. The zero-order chi connectivity index (χ0) is 13.5. The van der Waals surface area contributed by atoms with Crippen molar-refractivity contribution in [2.24, 2.45) is 10.9 Å². The summed E-state index contributed by atoms with van der Waals surface area (Å²) in [7, 11) is 1.81. The van der Waals surface area contributed by atoms with Crippen LogP contribution >= 0.6 is 0 Å². The van der Waals surface area contributed by atoms with E-state index in [0.717, 1.165) is 43.8 Å². The number of aryl methyl sites for hydroxylation is 1. The lowest BCUT2D eigenvalue weighted by atomic mass is 10.3. The normalized spacial score (nSPS) is 15.6. The van der Waals surface area contributed by atoms with Gasteiger partial charge >= 0.3 is 0 Å². The van der Waals surface area contributed by atoms with Crippen LogP contribution in [-0.4, -0.2) is 40.9 Å². The van der Waals surface area contributed by atoms with Crippen molar-refractivity contribution >= 4 is 5.96 Å². The molecule has 0 bridgehead atoms. The Morgan fingerprint density at radius 2 is 2.21 bits per heavy atom. The topological polar surface area (TPSA) is 67.1 Å². The van der Waals surface area contributed by atoms with E-state index in [1.807, 2.05) is 7.05 Å². The van der Waals surface area contributed by atoms with Crippen molar-refractivity contribution in [2.75, 3.05) is 20.1 Å². The van der Waals surface area contributed by atoms with Crippen LogP contribution < -0.4 is 10.6 Å². The van der Waals surface area contributed by atoms with E-state index in [0.29, 0.717) is 0 Å². The Morgan fingerprint density at radius 1 is 1.42 bits per heavy atom. The van der Waals surface area contributed by atoms with E-state index < -0.39 is 0 Å². The first-order chi connectivity index (χ1) is 9.33. The maximum Gasteiger partial charge on any atom is 0.191 e. The van der Waals surface area contributed by atoms with Gasteiger partial charge < -0.3 is 15.2 Å². The number of nitrogens with zero attached hydrogens (tertiary/aromatic N) is 4. The first kappa shape index (κ1) is 13.8. The molecular weight excluding hydrogens is 240 g/mol. The van der Waals surface area contributed by atoms with Gasteiger partial charge in [-0.2, -0.15) is 0 Å². The van der Waals surface area contributed by atoms with Gasteiger partial charge in [0.2, 0.25) is 0 Å². The number of nitrogens with one attached hydrogen (secondary N) is 2. The van der Waals surface area contributed by atoms with Crippen LogP contribution in [0.4, 0.5) is 0 Å². The number of guanidine groups is 1. The van der Waals surface area contributed by atoms with E-state index in [-0.39, 0.29) is 0 Å². The molecule has 0 atom stereocenters. The SMILES string of the molecule is CCc1nncn1CCNC(=NC)NCCC1CC1. The molecule has 1 aliphatic rings. The van der Waals surface area contributed by atoms with Crippen LogP contribution in [0.3, 0.4) is 0 Å². The van der Waals surface area contributed by atoms with E-state index in [2.05, 4.69) is 37.3 Å². The highest BCUT2D eigenvalue weighted by atomic mass is 15.3. The van der Waals surface area contributed by atoms with Gasteiger partial charge in [0.1, 0.15) is 12.2 Å². The third-order valence-electron chi connectivity index (χ3n) is 3.42. The quantitative estimate of drug-likeness (QED) is 0.565. The number of aliphatic imine (C=N–C) groups is 1. The van der Waals surface area contributed by atoms with E-state index >= 15 is 0 Å². The molecule has 1 heterocycles. The summed E-state index contributed by atoms with van der Waals surface area (Å²) in [6.07, 6.45) is 6.76. The van der Waals surface area contributed by atoms with Gasteiger partial charge in [0, 0.05) is 33.1 Å². The summed E-state index contributed by atoms with van der Waals surface area (Å²) in [4.78, 5) is 4.22. The molecule has 0 aromatic carbocycles. The van der Waals surface area contributed by atoms with Gasteiger partial charge in [-0.1, -0.05) is 19.8 Å². The van der Waals surface area contributed by atoms with Crippen LogP contribution in [0.5, 0.6) is 0 Å². The molecule has 0 amide bonds. The van der Waals surface area contributed by atoms with Gasteiger partial charge in [-0.15, -0.1) is 10.2 Å². The molecule has 0 unspecified atom stereocenters. The molecule has 1 aromatic rings. The van der Waals surface area contributed by atoms with Crippen molar-refractivity contribution in [3.8, 4) is 0 Å². The lowest BCUT2D eigenvalue weighted by Gasteiger charge is -2.12. The highest BCUT2D eigenvalue weighted by molar-refractivity contribution is 5.79. The smallest absolute Gasteiger partial charge is 0.191 e. The predicted octanol–water partition coefficient (Wildman–Crippen LogP) is 0.806. The fraction of sp³-hybridized carbons (Fsp3) is 0.769. The lowest BCUT2D eigenvalue weighted by molar-refractivity contribution is 0.626. The molecule has 1 aliphatic carbocycles. The highest BCUT2D eigenvalue weighted by Crippen LogP contribution is 2.31. The maximum atomic E-state index is 4.22. The zero-order valence-electron chi connectivity index (χ0n) is 11.9. The molecule has 19 heavy (non-hydrogen) atoms. The van der Waals surface area contributed by atoms with Crippen LogP contribution in [-0.2, 0) is 13.0 Å². The van der Waals surface area contributed by atoms with E-state index in [1.54, 1.807) is 6.33 Å². The largest absolute Gasteiger partial charge is 0.356 e. The molecule has 1 fully saturated rings. The third kappa shape index (κ3) is 4.54. The van der Waals surface area contributed by atoms with Crippen molar-refractivity contribution in [3.05, 3.63) is 12.2 Å².